The molecule has 0 aromatic carbocycles. The maximum atomic E-state index is 12.9. The molecule has 1 aromatic heterocycles. The summed E-state index contributed by atoms with van der Waals surface area (Å²) in [5, 5.41) is 8.72. The topological polar surface area (TPSA) is 50.2 Å². The van der Waals surface area contributed by atoms with E-state index in [4.69, 9.17) is 5.11 Å². The summed E-state index contributed by atoms with van der Waals surface area (Å²) >= 11 is 0. The summed E-state index contributed by atoms with van der Waals surface area (Å²) in [7, 11) is 0. The lowest BCUT2D eigenvalue weighted by Crippen LogP contribution is -2.13. The lowest BCUT2D eigenvalue weighted by molar-refractivity contribution is -0.138. The smallest absolute Gasteiger partial charge is 0.310 e. The number of aromatic nitrogens is 1. The number of carboxylic acid groups (broad SMARTS) is 1. The second-order valence-electron chi connectivity index (χ2n) is 3.42. The summed E-state index contributed by atoms with van der Waals surface area (Å²) in [6.07, 6.45) is 1.20. The first-order chi connectivity index (χ1) is 6.82. The predicted octanol–water partition coefficient (Wildman–Crippen LogP) is 2.38. The molecule has 0 aliphatic rings. The highest BCUT2D eigenvalue weighted by Gasteiger charge is 2.27. The van der Waals surface area contributed by atoms with Crippen LogP contribution in [-0.4, -0.2) is 16.1 Å². The molecule has 3 nitrogen and oxygen atoms in total. The van der Waals surface area contributed by atoms with Crippen molar-refractivity contribution in [1.82, 2.24) is 4.98 Å². The van der Waals surface area contributed by atoms with Crippen LogP contribution in [0.5, 0.6) is 0 Å². The van der Waals surface area contributed by atoms with Gasteiger partial charge < -0.3 is 5.11 Å². The normalized spacial score (nSPS) is 13.6. The van der Waals surface area contributed by atoms with Crippen LogP contribution in [0.3, 0.4) is 0 Å². The van der Waals surface area contributed by atoms with E-state index in [0.29, 0.717) is 5.56 Å². The molecule has 1 rings (SSSR count). The Morgan fingerprint density at radius 2 is 2.20 bits per heavy atom. The molecule has 0 saturated carbocycles. The molecule has 0 bridgehead atoms. The zero-order chi connectivity index (χ0) is 11.6. The van der Waals surface area contributed by atoms with Gasteiger partial charge in [-0.05, 0) is 24.6 Å². The van der Waals surface area contributed by atoms with Crippen molar-refractivity contribution in [3.05, 3.63) is 29.6 Å². The van der Waals surface area contributed by atoms with Crippen molar-refractivity contribution in [2.45, 2.75) is 25.7 Å². The molecule has 15 heavy (non-hydrogen) atoms. The van der Waals surface area contributed by atoms with Crippen molar-refractivity contribution >= 4 is 5.97 Å². The zero-order valence-electron chi connectivity index (χ0n) is 8.37. The van der Waals surface area contributed by atoms with E-state index >= 15 is 0 Å². The molecule has 5 heteroatoms. The van der Waals surface area contributed by atoms with E-state index in [9.17, 15) is 13.6 Å². The summed E-state index contributed by atoms with van der Waals surface area (Å²) in [4.78, 5) is 14.2. The fraction of sp³-hybridized carbons (Fsp3) is 0.400. The number of rotatable bonds is 3. The number of carbonyl (C=O) groups is 1. The maximum absolute atomic E-state index is 12.9. The summed E-state index contributed by atoms with van der Waals surface area (Å²) in [6, 6.07) is 2.55. The van der Waals surface area contributed by atoms with Gasteiger partial charge in [0.25, 0.3) is 5.92 Å². The Kier molecular flexibility index (Phi) is 3.02. The van der Waals surface area contributed by atoms with E-state index in [1.165, 1.54) is 19.2 Å². The van der Waals surface area contributed by atoms with Gasteiger partial charge in [0.05, 0.1) is 5.92 Å². The maximum Gasteiger partial charge on any atom is 0.310 e. The van der Waals surface area contributed by atoms with Crippen LogP contribution in [0.25, 0.3) is 0 Å². The lowest BCUT2D eigenvalue weighted by Gasteiger charge is -2.12. The molecule has 0 saturated heterocycles. The van der Waals surface area contributed by atoms with E-state index < -0.39 is 23.5 Å². The first-order valence-electron chi connectivity index (χ1n) is 4.39. The number of alkyl halides is 2. The number of carboxylic acids is 1. The molecular formula is C10H11F2NO2. The monoisotopic (exact) mass is 215 g/mol. The first-order valence-corrected chi connectivity index (χ1v) is 4.39. The summed E-state index contributed by atoms with van der Waals surface area (Å²) < 4.78 is 25.8. The lowest BCUT2D eigenvalue weighted by atomic mass is 10.0. The minimum atomic E-state index is -3.05. The minimum absolute atomic E-state index is 0.328. The van der Waals surface area contributed by atoms with E-state index in [0.717, 1.165) is 13.0 Å². The second-order valence-corrected chi connectivity index (χ2v) is 3.42. The molecule has 0 amide bonds. The number of nitrogens with zero attached hydrogens (tertiary/aromatic N) is 1. The predicted molar refractivity (Wildman–Crippen MR) is 49.9 cm³/mol. The van der Waals surface area contributed by atoms with Crippen LogP contribution in [0.15, 0.2) is 18.3 Å². The van der Waals surface area contributed by atoms with Crippen molar-refractivity contribution in [2.75, 3.05) is 0 Å². The van der Waals surface area contributed by atoms with Gasteiger partial charge in [-0.15, -0.1) is 0 Å². The van der Waals surface area contributed by atoms with Gasteiger partial charge in [-0.1, -0.05) is 0 Å². The van der Waals surface area contributed by atoms with Gasteiger partial charge in [0, 0.05) is 13.1 Å². The molecule has 1 aromatic rings. The molecule has 0 fully saturated rings. The highest BCUT2D eigenvalue weighted by Crippen LogP contribution is 2.27. The van der Waals surface area contributed by atoms with Gasteiger partial charge in [-0.25, -0.2) is 0 Å². The van der Waals surface area contributed by atoms with Crippen LogP contribution in [0.2, 0.25) is 0 Å². The molecule has 0 aliphatic heterocycles. The van der Waals surface area contributed by atoms with Crippen LogP contribution in [0, 0.1) is 0 Å². The average molecular weight is 215 g/mol. The number of halogens is 2. The number of hydrogen-bond acceptors (Lipinski definition) is 2. The van der Waals surface area contributed by atoms with Gasteiger partial charge in [0.15, 0.2) is 0 Å². The Bertz CT molecular complexity index is 374. The Morgan fingerprint density at radius 3 is 2.67 bits per heavy atom. The summed E-state index contributed by atoms with van der Waals surface area (Å²) in [5.74, 6) is -4.91. The Hall–Kier alpha value is -1.52. The SMILES string of the molecule is CC(C(=O)O)c1ccnc(C(C)(F)F)c1. The van der Waals surface area contributed by atoms with Crippen molar-refractivity contribution in [2.24, 2.45) is 0 Å². The highest BCUT2D eigenvalue weighted by molar-refractivity contribution is 5.75. The molecule has 0 spiro atoms. The minimum Gasteiger partial charge on any atom is -0.481 e. The second kappa shape index (κ2) is 3.92. The fourth-order valence-electron chi connectivity index (χ4n) is 1.10. The molecule has 1 N–H and O–H groups in total. The van der Waals surface area contributed by atoms with Crippen LogP contribution < -0.4 is 0 Å². The Morgan fingerprint density at radius 1 is 1.60 bits per heavy atom. The van der Waals surface area contributed by atoms with Gasteiger partial charge in [-0.3, -0.25) is 9.78 Å². The van der Waals surface area contributed by atoms with E-state index in [1.54, 1.807) is 0 Å². The number of aliphatic carboxylic acids is 1. The molecule has 1 unspecified atom stereocenters. The van der Waals surface area contributed by atoms with Crippen LogP contribution in [-0.2, 0) is 10.7 Å². The van der Waals surface area contributed by atoms with Crippen LogP contribution in [0.4, 0.5) is 8.78 Å². The molecule has 82 valence electrons. The van der Waals surface area contributed by atoms with E-state index in [-0.39, 0.29) is 0 Å². The zero-order valence-corrected chi connectivity index (χ0v) is 8.37. The molecular weight excluding hydrogens is 204 g/mol. The molecule has 1 atom stereocenters. The van der Waals surface area contributed by atoms with Crippen LogP contribution in [0.1, 0.15) is 31.0 Å². The standard InChI is InChI=1S/C10H11F2NO2/c1-6(9(14)15)7-3-4-13-8(5-7)10(2,11)12/h3-6H,1-2H3,(H,14,15). The van der Waals surface area contributed by atoms with Crippen molar-refractivity contribution < 1.29 is 18.7 Å². The molecule has 1 heterocycles. The Labute approximate surface area is 85.8 Å². The quantitative estimate of drug-likeness (QED) is 0.842. The van der Waals surface area contributed by atoms with Crippen molar-refractivity contribution in [3.8, 4) is 0 Å². The number of pyridine rings is 1. The number of hydrogen-bond donors (Lipinski definition) is 1. The van der Waals surface area contributed by atoms with Gasteiger partial charge in [-0.2, -0.15) is 8.78 Å². The third-order valence-electron chi connectivity index (χ3n) is 2.10. The Balaban J connectivity index is 3.08. The average Bonchev–Trinajstić information content (AvgIpc) is 2.15. The summed E-state index contributed by atoms with van der Waals surface area (Å²) in [5.41, 5.74) is -0.0814. The van der Waals surface area contributed by atoms with Crippen molar-refractivity contribution in [3.63, 3.8) is 0 Å². The van der Waals surface area contributed by atoms with Crippen LogP contribution >= 0.6 is 0 Å². The third-order valence-corrected chi connectivity index (χ3v) is 2.10. The van der Waals surface area contributed by atoms with Gasteiger partial charge in [0.2, 0.25) is 0 Å². The molecule has 0 aliphatic carbocycles. The van der Waals surface area contributed by atoms with Gasteiger partial charge in [0.1, 0.15) is 5.69 Å². The third kappa shape index (κ3) is 2.71. The largest absolute Gasteiger partial charge is 0.481 e. The fourth-order valence-corrected chi connectivity index (χ4v) is 1.10. The van der Waals surface area contributed by atoms with Crippen molar-refractivity contribution in [1.29, 1.82) is 0 Å². The highest BCUT2D eigenvalue weighted by atomic mass is 19.3. The van der Waals surface area contributed by atoms with E-state index in [1.807, 2.05) is 0 Å². The first kappa shape index (κ1) is 11.6. The summed E-state index contributed by atoms with van der Waals surface area (Å²) in [6.45, 7) is 2.17. The van der Waals surface area contributed by atoms with E-state index in [2.05, 4.69) is 4.98 Å². The van der Waals surface area contributed by atoms with Gasteiger partial charge >= 0.3 is 5.97 Å². The molecule has 0 radical (unpaired) electrons.